The van der Waals surface area contributed by atoms with Gasteiger partial charge in [-0.1, -0.05) is 13.8 Å². The van der Waals surface area contributed by atoms with Gasteiger partial charge in [-0.3, -0.25) is 4.98 Å². The van der Waals surface area contributed by atoms with Gasteiger partial charge < -0.3 is 5.73 Å². The fourth-order valence-corrected chi connectivity index (χ4v) is 1.51. The molecule has 1 aromatic rings. The van der Waals surface area contributed by atoms with E-state index in [1.165, 1.54) is 4.88 Å². The zero-order valence-corrected chi connectivity index (χ0v) is 9.51. The van der Waals surface area contributed by atoms with Crippen molar-refractivity contribution < 1.29 is 0 Å². The van der Waals surface area contributed by atoms with Crippen molar-refractivity contribution in [2.24, 2.45) is 11.7 Å². The minimum Gasteiger partial charge on any atom is -0.323 e. The van der Waals surface area contributed by atoms with Crippen molar-refractivity contribution in [1.82, 2.24) is 4.98 Å². The molecule has 0 saturated carbocycles. The highest BCUT2D eigenvalue weighted by atomic mass is 35.5. The van der Waals surface area contributed by atoms with E-state index in [1.807, 2.05) is 11.7 Å². The van der Waals surface area contributed by atoms with Gasteiger partial charge >= 0.3 is 0 Å². The fourth-order valence-electron chi connectivity index (χ4n) is 0.719. The van der Waals surface area contributed by atoms with Crippen molar-refractivity contribution in [3.05, 3.63) is 16.6 Å². The minimum atomic E-state index is 0. The van der Waals surface area contributed by atoms with Crippen molar-refractivity contribution in [3.63, 3.8) is 0 Å². The van der Waals surface area contributed by atoms with Crippen LogP contribution in [0.3, 0.4) is 0 Å². The molecular weight excluding hydrogens is 215 g/mol. The van der Waals surface area contributed by atoms with Gasteiger partial charge in [0.2, 0.25) is 0 Å². The van der Waals surface area contributed by atoms with E-state index < -0.39 is 0 Å². The highest BCUT2D eigenvalue weighted by Gasteiger charge is 2.10. The highest BCUT2D eigenvalue weighted by Crippen LogP contribution is 2.21. The molecule has 0 fully saturated rings. The molecule has 1 heterocycles. The van der Waals surface area contributed by atoms with Gasteiger partial charge in [-0.25, -0.2) is 0 Å². The van der Waals surface area contributed by atoms with Gasteiger partial charge in [-0.05, 0) is 5.92 Å². The zero-order valence-electron chi connectivity index (χ0n) is 7.06. The molecule has 0 aliphatic heterocycles. The Kier molecular flexibility index (Phi) is 8.15. The largest absolute Gasteiger partial charge is 0.323 e. The van der Waals surface area contributed by atoms with Crippen LogP contribution in [-0.4, -0.2) is 4.98 Å². The molecule has 72 valence electrons. The topological polar surface area (TPSA) is 38.9 Å². The van der Waals surface area contributed by atoms with Gasteiger partial charge in [0.1, 0.15) is 0 Å². The van der Waals surface area contributed by atoms with E-state index in [0.29, 0.717) is 5.92 Å². The van der Waals surface area contributed by atoms with Crippen LogP contribution in [0.1, 0.15) is 24.8 Å². The number of nitrogens with two attached hydrogens (primary N) is 1. The maximum Gasteiger partial charge on any atom is 0.0794 e. The molecule has 1 unspecified atom stereocenters. The highest BCUT2D eigenvalue weighted by molar-refractivity contribution is 7.09. The average molecular weight is 229 g/mol. The van der Waals surface area contributed by atoms with E-state index in [4.69, 9.17) is 5.73 Å². The van der Waals surface area contributed by atoms with Gasteiger partial charge in [-0.15, -0.1) is 36.2 Å². The first-order valence-electron chi connectivity index (χ1n) is 3.35. The van der Waals surface area contributed by atoms with E-state index in [2.05, 4.69) is 18.8 Å². The van der Waals surface area contributed by atoms with Crippen LogP contribution in [0.5, 0.6) is 0 Å². The monoisotopic (exact) mass is 228 g/mol. The summed E-state index contributed by atoms with van der Waals surface area (Å²) in [6.07, 6.45) is 1.84. The minimum absolute atomic E-state index is 0. The molecule has 0 amide bonds. The summed E-state index contributed by atoms with van der Waals surface area (Å²) < 4.78 is 0. The van der Waals surface area contributed by atoms with Crippen LogP contribution in [0, 0.1) is 5.92 Å². The second-order valence-electron chi connectivity index (χ2n) is 2.67. The van der Waals surface area contributed by atoms with Gasteiger partial charge in [0, 0.05) is 17.1 Å². The Morgan fingerprint density at radius 2 is 2.00 bits per heavy atom. The van der Waals surface area contributed by atoms with Crippen LogP contribution in [0.4, 0.5) is 0 Å². The van der Waals surface area contributed by atoms with Crippen LogP contribution >= 0.6 is 36.2 Å². The van der Waals surface area contributed by atoms with Crippen LogP contribution in [-0.2, 0) is 0 Å². The lowest BCUT2D eigenvalue weighted by molar-refractivity contribution is 0.521. The van der Waals surface area contributed by atoms with Gasteiger partial charge in [-0.2, -0.15) is 0 Å². The molecule has 0 saturated heterocycles. The van der Waals surface area contributed by atoms with Crippen LogP contribution in [0.2, 0.25) is 0 Å². The Balaban J connectivity index is 0. The van der Waals surface area contributed by atoms with Crippen LogP contribution < -0.4 is 5.73 Å². The number of hydrogen-bond donors (Lipinski definition) is 1. The summed E-state index contributed by atoms with van der Waals surface area (Å²) in [5.74, 6) is 0.500. The Morgan fingerprint density at radius 1 is 1.42 bits per heavy atom. The van der Waals surface area contributed by atoms with E-state index in [1.54, 1.807) is 11.3 Å². The maximum absolute atomic E-state index is 5.85. The summed E-state index contributed by atoms with van der Waals surface area (Å²) in [6, 6.07) is 0.160. The summed E-state index contributed by atoms with van der Waals surface area (Å²) in [5.41, 5.74) is 7.67. The lowest BCUT2D eigenvalue weighted by Crippen LogP contribution is -2.14. The first-order chi connectivity index (χ1) is 4.72. The van der Waals surface area contributed by atoms with E-state index >= 15 is 0 Å². The van der Waals surface area contributed by atoms with Crippen LogP contribution in [0.15, 0.2) is 11.7 Å². The number of nitrogens with zero attached hydrogens (tertiary/aromatic N) is 1. The molecule has 1 aromatic heterocycles. The third-order valence-electron chi connectivity index (χ3n) is 1.50. The lowest BCUT2D eigenvalue weighted by atomic mass is 10.1. The Morgan fingerprint density at radius 3 is 2.33 bits per heavy atom. The van der Waals surface area contributed by atoms with Crippen molar-refractivity contribution in [3.8, 4) is 0 Å². The Bertz CT molecular complexity index is 189. The third kappa shape index (κ3) is 3.72. The predicted octanol–water partition coefficient (Wildman–Crippen LogP) is 2.64. The maximum atomic E-state index is 5.85. The molecule has 0 bridgehead atoms. The first kappa shape index (κ1) is 14.7. The number of aromatic nitrogens is 1. The summed E-state index contributed by atoms with van der Waals surface area (Å²) in [5, 5.41) is 0. The molecule has 2 N–H and O–H groups in total. The Hall–Kier alpha value is 0.170. The lowest BCUT2D eigenvalue weighted by Gasteiger charge is -2.11. The van der Waals surface area contributed by atoms with Crippen molar-refractivity contribution in [2.75, 3.05) is 0 Å². The average Bonchev–Trinajstić information content (AvgIpc) is 2.36. The zero-order chi connectivity index (χ0) is 7.56. The smallest absolute Gasteiger partial charge is 0.0794 e. The molecule has 12 heavy (non-hydrogen) atoms. The van der Waals surface area contributed by atoms with E-state index in [0.717, 1.165) is 0 Å². The van der Waals surface area contributed by atoms with Crippen molar-refractivity contribution >= 4 is 36.2 Å². The summed E-state index contributed by atoms with van der Waals surface area (Å²) in [7, 11) is 0. The normalized spacial score (nSPS) is 11.7. The molecular formula is C7H14Cl2N2S. The molecule has 1 atom stereocenters. The standard InChI is InChI=1S/C7H12N2S.2ClH/c1-5(2)7(8)6-3-9-4-10-6;;/h3-5,7H,8H2,1-2H3;2*1H. The fraction of sp³-hybridized carbons (Fsp3) is 0.571. The van der Waals surface area contributed by atoms with Gasteiger partial charge in [0.05, 0.1) is 5.51 Å². The van der Waals surface area contributed by atoms with E-state index in [-0.39, 0.29) is 30.9 Å². The number of thiazole rings is 1. The molecule has 2 nitrogen and oxygen atoms in total. The summed E-state index contributed by atoms with van der Waals surface area (Å²) in [6.45, 7) is 4.23. The second-order valence-corrected chi connectivity index (χ2v) is 3.59. The molecule has 1 rings (SSSR count). The molecule has 0 aromatic carbocycles. The number of halogens is 2. The predicted molar refractivity (Wildman–Crippen MR) is 58.4 cm³/mol. The Labute approximate surface area is 89.4 Å². The number of hydrogen-bond acceptors (Lipinski definition) is 3. The third-order valence-corrected chi connectivity index (χ3v) is 2.38. The first-order valence-corrected chi connectivity index (χ1v) is 4.23. The quantitative estimate of drug-likeness (QED) is 0.846. The van der Waals surface area contributed by atoms with E-state index in [9.17, 15) is 0 Å². The summed E-state index contributed by atoms with van der Waals surface area (Å²) >= 11 is 1.62. The molecule has 0 aliphatic rings. The SMILES string of the molecule is CC(C)C(N)c1cncs1.Cl.Cl. The number of rotatable bonds is 2. The molecule has 0 spiro atoms. The summed E-state index contributed by atoms with van der Waals surface area (Å²) in [4.78, 5) is 5.14. The molecule has 5 heteroatoms. The molecule has 0 aliphatic carbocycles. The van der Waals surface area contributed by atoms with Crippen molar-refractivity contribution in [2.45, 2.75) is 19.9 Å². The second kappa shape index (κ2) is 6.66. The van der Waals surface area contributed by atoms with Crippen molar-refractivity contribution in [1.29, 1.82) is 0 Å². The van der Waals surface area contributed by atoms with Crippen LogP contribution in [0.25, 0.3) is 0 Å². The van der Waals surface area contributed by atoms with Gasteiger partial charge in [0.15, 0.2) is 0 Å². The van der Waals surface area contributed by atoms with Gasteiger partial charge in [0.25, 0.3) is 0 Å². The molecule has 0 radical (unpaired) electrons.